The number of carbonyl (C=O) groups is 2. The van der Waals surface area contributed by atoms with Gasteiger partial charge < -0.3 is 9.47 Å². The van der Waals surface area contributed by atoms with Gasteiger partial charge in [-0.05, 0) is 13.3 Å². The number of hydrogen-bond acceptors (Lipinski definition) is 4. The predicted octanol–water partition coefficient (Wildman–Crippen LogP) is 1.45. The molecule has 0 aromatic carbocycles. The van der Waals surface area contributed by atoms with E-state index in [1.807, 2.05) is 6.92 Å². The van der Waals surface area contributed by atoms with Crippen LogP contribution in [0.15, 0.2) is 11.8 Å². The number of rotatable bonds is 6. The van der Waals surface area contributed by atoms with Gasteiger partial charge in [-0.25, -0.2) is 4.79 Å². The van der Waals surface area contributed by atoms with Crippen LogP contribution < -0.4 is 0 Å². The van der Waals surface area contributed by atoms with Crippen molar-refractivity contribution in [1.82, 2.24) is 0 Å². The van der Waals surface area contributed by atoms with Gasteiger partial charge in [0.2, 0.25) is 0 Å². The van der Waals surface area contributed by atoms with E-state index in [0.717, 1.165) is 6.26 Å². The maximum Gasteiger partial charge on any atom is 0.344 e. The molecule has 0 saturated carbocycles. The third-order valence-electron chi connectivity index (χ3n) is 1.51. The highest BCUT2D eigenvalue weighted by molar-refractivity contribution is 6.17. The van der Waals surface area contributed by atoms with Crippen LogP contribution in [0, 0.1) is 0 Å². The molecule has 0 N–H and O–H groups in total. The third kappa shape index (κ3) is 4.07. The van der Waals surface area contributed by atoms with E-state index in [0.29, 0.717) is 12.8 Å². The van der Waals surface area contributed by atoms with Crippen LogP contribution in [0.2, 0.25) is 0 Å². The first kappa shape index (κ1) is 12.7. The molecule has 0 saturated heterocycles. The van der Waals surface area contributed by atoms with Crippen molar-refractivity contribution >= 4 is 11.8 Å². The molecule has 0 fully saturated rings. The van der Waals surface area contributed by atoms with Gasteiger partial charge in [0, 0.05) is 6.42 Å². The molecule has 0 atom stereocenters. The van der Waals surface area contributed by atoms with E-state index in [-0.39, 0.29) is 18.0 Å². The Morgan fingerprint density at radius 3 is 2.36 bits per heavy atom. The Labute approximate surface area is 83.9 Å². The molecule has 80 valence electrons. The fourth-order valence-electron chi connectivity index (χ4n) is 0.916. The molecule has 0 radical (unpaired) electrons. The van der Waals surface area contributed by atoms with Gasteiger partial charge in [0.1, 0.15) is 11.8 Å². The van der Waals surface area contributed by atoms with Gasteiger partial charge in [-0.15, -0.1) is 0 Å². The molecule has 0 amide bonds. The van der Waals surface area contributed by atoms with E-state index in [1.54, 1.807) is 6.92 Å². The van der Waals surface area contributed by atoms with E-state index in [1.165, 1.54) is 7.11 Å². The summed E-state index contributed by atoms with van der Waals surface area (Å²) >= 11 is 0. The molecule has 0 unspecified atom stereocenters. The van der Waals surface area contributed by atoms with Gasteiger partial charge in [0.05, 0.1) is 13.7 Å². The lowest BCUT2D eigenvalue weighted by Crippen LogP contribution is -2.16. The van der Waals surface area contributed by atoms with Crippen LogP contribution in [-0.2, 0) is 19.1 Å². The topological polar surface area (TPSA) is 52.6 Å². The average Bonchev–Trinajstić information content (AvgIpc) is 2.14. The minimum Gasteiger partial charge on any atom is -0.503 e. The van der Waals surface area contributed by atoms with Crippen LogP contribution in [0.4, 0.5) is 0 Å². The fourth-order valence-corrected chi connectivity index (χ4v) is 0.916. The Morgan fingerprint density at radius 2 is 1.93 bits per heavy atom. The van der Waals surface area contributed by atoms with Gasteiger partial charge in [0.15, 0.2) is 5.78 Å². The van der Waals surface area contributed by atoms with E-state index < -0.39 is 5.97 Å². The number of Topliss-reactive ketones (excluding diaryl/α,β-unsaturated/α-hetero) is 1. The summed E-state index contributed by atoms with van der Waals surface area (Å²) in [4.78, 5) is 22.7. The molecule has 0 aliphatic rings. The summed E-state index contributed by atoms with van der Waals surface area (Å²) in [7, 11) is 1.39. The number of hydrogen-bond donors (Lipinski definition) is 0. The number of methoxy groups -OCH3 is 1. The van der Waals surface area contributed by atoms with Crippen molar-refractivity contribution in [3.8, 4) is 0 Å². The first-order valence-electron chi connectivity index (χ1n) is 4.60. The minimum atomic E-state index is -0.618. The summed E-state index contributed by atoms with van der Waals surface area (Å²) in [5.74, 6) is -0.861. The van der Waals surface area contributed by atoms with Crippen molar-refractivity contribution in [3.63, 3.8) is 0 Å². The maximum absolute atomic E-state index is 11.4. The second-order valence-electron chi connectivity index (χ2n) is 2.66. The predicted molar refractivity (Wildman–Crippen MR) is 51.6 cm³/mol. The zero-order valence-electron chi connectivity index (χ0n) is 8.83. The molecule has 0 aromatic heterocycles. The van der Waals surface area contributed by atoms with Crippen LogP contribution in [0.5, 0.6) is 0 Å². The van der Waals surface area contributed by atoms with Crippen LogP contribution in [0.3, 0.4) is 0 Å². The van der Waals surface area contributed by atoms with Crippen molar-refractivity contribution < 1.29 is 19.1 Å². The van der Waals surface area contributed by atoms with Gasteiger partial charge in [-0.2, -0.15) is 0 Å². The Kier molecular flexibility index (Phi) is 6.45. The molecule has 0 aromatic rings. The van der Waals surface area contributed by atoms with Gasteiger partial charge in [0.25, 0.3) is 0 Å². The Bertz CT molecular complexity index is 210. The number of carbonyl (C=O) groups excluding carboxylic acids is 2. The van der Waals surface area contributed by atoms with Crippen molar-refractivity contribution in [3.05, 3.63) is 11.8 Å². The van der Waals surface area contributed by atoms with E-state index in [4.69, 9.17) is 4.74 Å². The molecule has 0 rings (SSSR count). The molecule has 0 heterocycles. The molecule has 0 bridgehead atoms. The van der Waals surface area contributed by atoms with Crippen molar-refractivity contribution in [2.75, 3.05) is 13.7 Å². The molecule has 4 heteroatoms. The lowest BCUT2D eigenvalue weighted by Gasteiger charge is -2.04. The highest BCUT2D eigenvalue weighted by Crippen LogP contribution is 2.05. The SMILES string of the molecule is CCCC(=O)C(=COC)C(=O)OCC. The van der Waals surface area contributed by atoms with Crippen LogP contribution >= 0.6 is 0 Å². The molecular formula is C10H16O4. The number of ether oxygens (including phenoxy) is 2. The molecular weight excluding hydrogens is 184 g/mol. The quantitative estimate of drug-likeness (QED) is 0.214. The highest BCUT2D eigenvalue weighted by atomic mass is 16.5. The molecule has 14 heavy (non-hydrogen) atoms. The minimum absolute atomic E-state index is 0.0174. The fraction of sp³-hybridized carbons (Fsp3) is 0.600. The summed E-state index contributed by atoms with van der Waals surface area (Å²) in [6.07, 6.45) is 2.16. The van der Waals surface area contributed by atoms with Gasteiger partial charge in [-0.3, -0.25) is 4.79 Å². The summed E-state index contributed by atoms with van der Waals surface area (Å²) in [6.45, 7) is 3.80. The Hall–Kier alpha value is -1.32. The smallest absolute Gasteiger partial charge is 0.344 e. The van der Waals surface area contributed by atoms with Crippen LogP contribution in [0.1, 0.15) is 26.7 Å². The van der Waals surface area contributed by atoms with Gasteiger partial charge in [-0.1, -0.05) is 6.92 Å². The van der Waals surface area contributed by atoms with E-state index >= 15 is 0 Å². The molecule has 0 spiro atoms. The second kappa shape index (κ2) is 7.12. The first-order chi connectivity index (χ1) is 6.67. The summed E-state index contributed by atoms with van der Waals surface area (Å²) in [6, 6.07) is 0. The van der Waals surface area contributed by atoms with Crippen LogP contribution in [-0.4, -0.2) is 25.5 Å². The lowest BCUT2D eigenvalue weighted by molar-refractivity contribution is -0.140. The first-order valence-corrected chi connectivity index (χ1v) is 4.60. The molecule has 4 nitrogen and oxygen atoms in total. The molecule has 0 aliphatic heterocycles. The summed E-state index contributed by atoms with van der Waals surface area (Å²) in [5, 5.41) is 0. The zero-order valence-corrected chi connectivity index (χ0v) is 8.83. The lowest BCUT2D eigenvalue weighted by atomic mass is 10.1. The molecule has 0 aliphatic carbocycles. The monoisotopic (exact) mass is 200 g/mol. The average molecular weight is 200 g/mol. The standard InChI is InChI=1S/C10H16O4/c1-4-6-9(11)8(7-13-3)10(12)14-5-2/h7H,4-6H2,1-3H3. The van der Waals surface area contributed by atoms with Crippen LogP contribution in [0.25, 0.3) is 0 Å². The van der Waals surface area contributed by atoms with E-state index in [2.05, 4.69) is 4.74 Å². The van der Waals surface area contributed by atoms with Gasteiger partial charge >= 0.3 is 5.97 Å². The van der Waals surface area contributed by atoms with Crippen molar-refractivity contribution in [1.29, 1.82) is 0 Å². The normalized spacial score (nSPS) is 10.9. The Balaban J connectivity index is 4.51. The summed E-state index contributed by atoms with van der Waals surface area (Å²) in [5.41, 5.74) is -0.0174. The highest BCUT2D eigenvalue weighted by Gasteiger charge is 2.18. The largest absolute Gasteiger partial charge is 0.503 e. The Morgan fingerprint density at radius 1 is 1.29 bits per heavy atom. The maximum atomic E-state index is 11.4. The zero-order chi connectivity index (χ0) is 11.0. The number of esters is 1. The number of ketones is 1. The van der Waals surface area contributed by atoms with E-state index in [9.17, 15) is 9.59 Å². The van der Waals surface area contributed by atoms with Crippen molar-refractivity contribution in [2.24, 2.45) is 0 Å². The second-order valence-corrected chi connectivity index (χ2v) is 2.66. The third-order valence-corrected chi connectivity index (χ3v) is 1.51. The van der Waals surface area contributed by atoms with Crippen molar-refractivity contribution in [2.45, 2.75) is 26.7 Å². The summed E-state index contributed by atoms with van der Waals surface area (Å²) < 4.78 is 9.37.